The molecule has 0 aliphatic heterocycles. The molecule has 19 heavy (non-hydrogen) atoms. The van der Waals surface area contributed by atoms with Crippen LogP contribution in [0.2, 0.25) is 0 Å². The van der Waals surface area contributed by atoms with E-state index >= 15 is 0 Å². The molecule has 0 bridgehead atoms. The van der Waals surface area contributed by atoms with E-state index in [1.807, 2.05) is 30.3 Å². The molecular formula is C14H12N2O3. The molecule has 0 aliphatic carbocycles. The largest absolute Gasteiger partial charge is 0.299 e. The number of hydrogen-bond acceptors (Lipinski definition) is 4. The molecule has 5 heteroatoms. The monoisotopic (exact) mass is 256 g/mol. The zero-order valence-corrected chi connectivity index (χ0v) is 10.2. The fraction of sp³-hybridized carbons (Fsp3) is 0.143. The summed E-state index contributed by atoms with van der Waals surface area (Å²) in [6.07, 6.45) is 1.71. The van der Waals surface area contributed by atoms with Gasteiger partial charge in [0.15, 0.2) is 0 Å². The Bertz CT molecular complexity index is 579. The van der Waals surface area contributed by atoms with Crippen molar-refractivity contribution in [3.63, 3.8) is 0 Å². The second kappa shape index (κ2) is 5.86. The molecule has 0 amide bonds. The first-order valence-corrected chi connectivity index (χ1v) is 5.80. The van der Waals surface area contributed by atoms with Gasteiger partial charge in [0.05, 0.1) is 4.92 Å². The molecule has 0 N–H and O–H groups in total. The van der Waals surface area contributed by atoms with Crippen molar-refractivity contribution in [3.8, 4) is 0 Å². The maximum Gasteiger partial charge on any atom is 0.287 e. The number of carbonyl (C=O) groups excluding carboxylic acids is 1. The number of nitro groups is 1. The third-order valence-electron chi connectivity index (χ3n) is 2.64. The normalized spacial score (nSPS) is 10.1. The number of benzene rings is 1. The van der Waals surface area contributed by atoms with E-state index in [-0.39, 0.29) is 17.9 Å². The van der Waals surface area contributed by atoms with Gasteiger partial charge in [0.25, 0.3) is 5.69 Å². The van der Waals surface area contributed by atoms with Gasteiger partial charge in [-0.2, -0.15) is 0 Å². The van der Waals surface area contributed by atoms with Crippen LogP contribution < -0.4 is 0 Å². The summed E-state index contributed by atoms with van der Waals surface area (Å²) in [5.41, 5.74) is 1.43. The lowest BCUT2D eigenvalue weighted by Crippen LogP contribution is -2.07. The highest BCUT2D eigenvalue weighted by Gasteiger charge is 2.09. The van der Waals surface area contributed by atoms with Crippen LogP contribution in [0.5, 0.6) is 0 Å². The van der Waals surface area contributed by atoms with E-state index in [1.54, 1.807) is 0 Å². The van der Waals surface area contributed by atoms with Gasteiger partial charge in [-0.1, -0.05) is 30.3 Å². The Morgan fingerprint density at radius 2 is 1.84 bits per heavy atom. The predicted octanol–water partition coefficient (Wildman–Crippen LogP) is 2.34. The van der Waals surface area contributed by atoms with Crippen molar-refractivity contribution < 1.29 is 9.72 Å². The van der Waals surface area contributed by atoms with Crippen LogP contribution >= 0.6 is 0 Å². The van der Waals surface area contributed by atoms with Gasteiger partial charge in [0.2, 0.25) is 0 Å². The fourth-order valence-corrected chi connectivity index (χ4v) is 1.72. The third kappa shape index (κ3) is 3.70. The maximum absolute atomic E-state index is 11.8. The predicted molar refractivity (Wildman–Crippen MR) is 69.7 cm³/mol. The Morgan fingerprint density at radius 3 is 2.42 bits per heavy atom. The van der Waals surface area contributed by atoms with Crippen LogP contribution in [0.3, 0.4) is 0 Å². The quantitative estimate of drug-likeness (QED) is 0.608. The Hall–Kier alpha value is -2.56. The highest BCUT2D eigenvalue weighted by molar-refractivity contribution is 5.82. The summed E-state index contributed by atoms with van der Waals surface area (Å²) in [5.74, 6) is 0.0348. The molecule has 1 heterocycles. The third-order valence-corrected chi connectivity index (χ3v) is 2.64. The van der Waals surface area contributed by atoms with Crippen molar-refractivity contribution in [2.45, 2.75) is 12.8 Å². The van der Waals surface area contributed by atoms with E-state index in [0.717, 1.165) is 5.56 Å². The zero-order chi connectivity index (χ0) is 13.7. The van der Waals surface area contributed by atoms with Gasteiger partial charge in [0, 0.05) is 24.6 Å². The van der Waals surface area contributed by atoms with E-state index in [1.165, 1.54) is 18.3 Å². The van der Waals surface area contributed by atoms with Crippen LogP contribution in [-0.2, 0) is 17.6 Å². The lowest BCUT2D eigenvalue weighted by Gasteiger charge is -2.01. The number of ketones is 1. The summed E-state index contributed by atoms with van der Waals surface area (Å²) in [6, 6.07) is 12.3. The van der Waals surface area contributed by atoms with E-state index in [0.29, 0.717) is 12.1 Å². The number of pyridine rings is 1. The molecule has 96 valence electrons. The standard InChI is InChI=1S/C14H12N2O3/c17-14(8-11-4-2-1-3-5-11)9-12-6-7-13(10-15-12)16(18)19/h1-7,10H,8-9H2. The molecule has 5 nitrogen and oxygen atoms in total. The summed E-state index contributed by atoms with van der Waals surface area (Å²) in [4.78, 5) is 25.7. The van der Waals surface area contributed by atoms with Crippen molar-refractivity contribution in [3.05, 3.63) is 70.0 Å². The van der Waals surface area contributed by atoms with Crippen LogP contribution in [-0.4, -0.2) is 15.7 Å². The number of Topliss-reactive ketones (excluding diaryl/α,β-unsaturated/α-hetero) is 1. The second-order valence-corrected chi connectivity index (χ2v) is 4.14. The number of hydrogen-bond donors (Lipinski definition) is 0. The van der Waals surface area contributed by atoms with Gasteiger partial charge in [-0.15, -0.1) is 0 Å². The van der Waals surface area contributed by atoms with Gasteiger partial charge in [-0.25, -0.2) is 0 Å². The second-order valence-electron chi connectivity index (χ2n) is 4.14. The van der Waals surface area contributed by atoms with Gasteiger partial charge >= 0.3 is 0 Å². The summed E-state index contributed by atoms with van der Waals surface area (Å²) in [6.45, 7) is 0. The minimum atomic E-state index is -0.511. The molecule has 0 saturated heterocycles. The fourth-order valence-electron chi connectivity index (χ4n) is 1.72. The zero-order valence-electron chi connectivity index (χ0n) is 10.2. The van der Waals surface area contributed by atoms with Crippen molar-refractivity contribution in [1.29, 1.82) is 0 Å². The van der Waals surface area contributed by atoms with Crippen molar-refractivity contribution in [1.82, 2.24) is 4.98 Å². The number of rotatable bonds is 5. The number of aromatic nitrogens is 1. The molecule has 0 saturated carbocycles. The molecule has 0 fully saturated rings. The van der Waals surface area contributed by atoms with Crippen LogP contribution in [0.15, 0.2) is 48.7 Å². The summed E-state index contributed by atoms with van der Waals surface area (Å²) in [7, 11) is 0. The first-order valence-electron chi connectivity index (χ1n) is 5.80. The van der Waals surface area contributed by atoms with Crippen LogP contribution in [0.25, 0.3) is 0 Å². The molecule has 0 unspecified atom stereocenters. The smallest absolute Gasteiger partial charge is 0.287 e. The average molecular weight is 256 g/mol. The summed E-state index contributed by atoms with van der Waals surface area (Å²) >= 11 is 0. The topological polar surface area (TPSA) is 73.1 Å². The minimum Gasteiger partial charge on any atom is -0.299 e. The molecule has 2 aromatic rings. The first-order chi connectivity index (χ1) is 9.15. The van der Waals surface area contributed by atoms with Crippen molar-refractivity contribution in [2.75, 3.05) is 0 Å². The highest BCUT2D eigenvalue weighted by Crippen LogP contribution is 2.10. The Morgan fingerprint density at radius 1 is 1.11 bits per heavy atom. The Kier molecular flexibility index (Phi) is 3.97. The highest BCUT2D eigenvalue weighted by atomic mass is 16.6. The molecule has 2 rings (SSSR count). The average Bonchev–Trinajstić information content (AvgIpc) is 2.40. The molecule has 0 spiro atoms. The van der Waals surface area contributed by atoms with Gasteiger partial charge in [-0.05, 0) is 11.6 Å². The Balaban J connectivity index is 1.97. The minimum absolute atomic E-state index is 0.0348. The maximum atomic E-state index is 11.8. The van der Waals surface area contributed by atoms with Crippen molar-refractivity contribution in [2.24, 2.45) is 0 Å². The molecule has 1 aromatic heterocycles. The molecule has 1 aromatic carbocycles. The lowest BCUT2D eigenvalue weighted by molar-refractivity contribution is -0.385. The van der Waals surface area contributed by atoms with Crippen molar-refractivity contribution >= 4 is 11.5 Å². The van der Waals surface area contributed by atoms with E-state index in [4.69, 9.17) is 0 Å². The SMILES string of the molecule is O=C(Cc1ccccc1)Cc1ccc([N+](=O)[O-])cn1. The van der Waals surface area contributed by atoms with Crippen LogP contribution in [0.1, 0.15) is 11.3 Å². The number of carbonyl (C=O) groups is 1. The van der Waals surface area contributed by atoms with E-state index in [2.05, 4.69) is 4.98 Å². The number of nitrogens with zero attached hydrogens (tertiary/aromatic N) is 2. The lowest BCUT2D eigenvalue weighted by atomic mass is 10.1. The molecule has 0 aliphatic rings. The molecule has 0 radical (unpaired) electrons. The van der Waals surface area contributed by atoms with Gasteiger partial charge in [-0.3, -0.25) is 19.9 Å². The van der Waals surface area contributed by atoms with E-state index < -0.39 is 4.92 Å². The molecular weight excluding hydrogens is 244 g/mol. The van der Waals surface area contributed by atoms with Gasteiger partial charge in [0.1, 0.15) is 12.0 Å². The Labute approximate surface area is 110 Å². The van der Waals surface area contributed by atoms with E-state index in [9.17, 15) is 14.9 Å². The van der Waals surface area contributed by atoms with Crippen LogP contribution in [0, 0.1) is 10.1 Å². The summed E-state index contributed by atoms with van der Waals surface area (Å²) in [5, 5.41) is 10.5. The first kappa shape index (κ1) is 12.9. The van der Waals surface area contributed by atoms with Crippen LogP contribution in [0.4, 0.5) is 5.69 Å². The molecule has 0 atom stereocenters. The summed E-state index contributed by atoms with van der Waals surface area (Å²) < 4.78 is 0. The van der Waals surface area contributed by atoms with Gasteiger partial charge < -0.3 is 0 Å².